The number of nitrogens with one attached hydrogen (secondary N) is 1. The third-order valence-corrected chi connectivity index (χ3v) is 4.09. The number of nitrogen functional groups attached to an aromatic ring is 1. The van der Waals surface area contributed by atoms with Gasteiger partial charge in [-0.25, -0.2) is 10.8 Å². The van der Waals surface area contributed by atoms with E-state index in [0.29, 0.717) is 10.3 Å². The molecule has 0 aliphatic heterocycles. The van der Waals surface area contributed by atoms with Crippen molar-refractivity contribution < 1.29 is 9.90 Å². The molecule has 1 aromatic heterocycles. The van der Waals surface area contributed by atoms with Gasteiger partial charge in [0, 0.05) is 23.0 Å². The molecule has 7 heteroatoms. The summed E-state index contributed by atoms with van der Waals surface area (Å²) >= 11 is 2.99. The predicted octanol–water partition coefficient (Wildman–Crippen LogP) is 0.751. The first-order valence-corrected chi connectivity index (χ1v) is 6.78. The molecular formula is C9H15N3O2S2. The number of nitrogens with zero attached hydrogens (tertiary/aromatic N) is 1. The van der Waals surface area contributed by atoms with Crippen molar-refractivity contribution in [3.05, 3.63) is 16.1 Å². The van der Waals surface area contributed by atoms with Crippen LogP contribution in [0, 0.1) is 0 Å². The number of rotatable bonds is 6. The molecule has 0 saturated heterocycles. The number of thioether (sulfide) groups is 1. The minimum Gasteiger partial charge on any atom is -0.396 e. The lowest BCUT2D eigenvalue weighted by atomic mass is 10.3. The maximum Gasteiger partial charge on any atom is 0.294 e. The van der Waals surface area contributed by atoms with Crippen LogP contribution in [0.1, 0.15) is 28.8 Å². The highest BCUT2D eigenvalue weighted by Crippen LogP contribution is 2.21. The fourth-order valence-corrected chi connectivity index (χ4v) is 2.73. The number of aliphatic hydroxyl groups excluding tert-OH is 1. The van der Waals surface area contributed by atoms with E-state index >= 15 is 0 Å². The maximum absolute atomic E-state index is 11.1. The Bertz CT molecular complexity index is 343. The Morgan fingerprint density at radius 2 is 2.56 bits per heavy atom. The zero-order valence-electron chi connectivity index (χ0n) is 8.97. The summed E-state index contributed by atoms with van der Waals surface area (Å²) in [5.74, 6) is 5.40. The molecule has 90 valence electrons. The summed E-state index contributed by atoms with van der Waals surface area (Å²) in [6.07, 6.45) is 0.769. The molecule has 16 heavy (non-hydrogen) atoms. The zero-order chi connectivity index (χ0) is 12.0. The van der Waals surface area contributed by atoms with Gasteiger partial charge in [0.15, 0.2) is 5.01 Å². The van der Waals surface area contributed by atoms with Crippen LogP contribution in [0.4, 0.5) is 0 Å². The molecule has 0 aliphatic carbocycles. The van der Waals surface area contributed by atoms with Crippen molar-refractivity contribution in [1.29, 1.82) is 0 Å². The number of carbonyl (C=O) groups is 1. The number of hydrogen-bond donors (Lipinski definition) is 3. The Labute approximate surface area is 102 Å². The monoisotopic (exact) mass is 261 g/mol. The van der Waals surface area contributed by atoms with Crippen LogP contribution in [-0.2, 0) is 5.75 Å². The first-order valence-electron chi connectivity index (χ1n) is 4.85. The van der Waals surface area contributed by atoms with Crippen molar-refractivity contribution in [3.8, 4) is 0 Å². The summed E-state index contributed by atoms with van der Waals surface area (Å²) in [5.41, 5.74) is 2.92. The average molecular weight is 261 g/mol. The lowest BCUT2D eigenvalue weighted by Gasteiger charge is -2.07. The van der Waals surface area contributed by atoms with Gasteiger partial charge in [0.05, 0.1) is 5.69 Å². The van der Waals surface area contributed by atoms with Gasteiger partial charge in [-0.2, -0.15) is 11.8 Å². The SMILES string of the molecule is CC(CCO)SCc1csc(C(=O)NN)n1. The van der Waals surface area contributed by atoms with Crippen molar-refractivity contribution in [3.63, 3.8) is 0 Å². The van der Waals surface area contributed by atoms with Gasteiger partial charge in [-0.3, -0.25) is 10.2 Å². The molecule has 0 bridgehead atoms. The summed E-state index contributed by atoms with van der Waals surface area (Å²) in [6.45, 7) is 2.26. The molecule has 1 atom stereocenters. The quantitative estimate of drug-likeness (QED) is 0.399. The lowest BCUT2D eigenvalue weighted by Crippen LogP contribution is -2.29. The van der Waals surface area contributed by atoms with Crippen LogP contribution >= 0.6 is 23.1 Å². The van der Waals surface area contributed by atoms with E-state index in [0.717, 1.165) is 17.9 Å². The Kier molecular flexibility index (Phi) is 5.75. The largest absolute Gasteiger partial charge is 0.396 e. The van der Waals surface area contributed by atoms with E-state index in [1.165, 1.54) is 11.3 Å². The molecule has 4 N–H and O–H groups in total. The van der Waals surface area contributed by atoms with E-state index in [1.54, 1.807) is 11.8 Å². The zero-order valence-corrected chi connectivity index (χ0v) is 10.6. The molecule has 1 amide bonds. The van der Waals surface area contributed by atoms with Gasteiger partial charge in [-0.1, -0.05) is 6.92 Å². The molecule has 0 aromatic carbocycles. The highest BCUT2D eigenvalue weighted by Gasteiger charge is 2.10. The van der Waals surface area contributed by atoms with Crippen molar-refractivity contribution in [2.45, 2.75) is 24.3 Å². The van der Waals surface area contributed by atoms with Crippen molar-refractivity contribution in [2.24, 2.45) is 5.84 Å². The number of aromatic nitrogens is 1. The highest BCUT2D eigenvalue weighted by atomic mass is 32.2. The van der Waals surface area contributed by atoms with Crippen molar-refractivity contribution in [1.82, 2.24) is 10.4 Å². The van der Waals surface area contributed by atoms with Gasteiger partial charge in [-0.15, -0.1) is 11.3 Å². The van der Waals surface area contributed by atoms with Crippen LogP contribution in [0.2, 0.25) is 0 Å². The smallest absolute Gasteiger partial charge is 0.294 e. The Balaban J connectivity index is 2.43. The van der Waals surface area contributed by atoms with Crippen molar-refractivity contribution in [2.75, 3.05) is 6.61 Å². The normalized spacial score (nSPS) is 12.4. The minimum atomic E-state index is -0.357. The third kappa shape index (κ3) is 4.09. The summed E-state index contributed by atoms with van der Waals surface area (Å²) in [4.78, 5) is 15.3. The van der Waals surface area contributed by atoms with Gasteiger partial charge >= 0.3 is 0 Å². The van der Waals surface area contributed by atoms with E-state index in [1.807, 2.05) is 10.8 Å². The summed E-state index contributed by atoms with van der Waals surface area (Å²) < 4.78 is 0. The predicted molar refractivity (Wildman–Crippen MR) is 66.2 cm³/mol. The highest BCUT2D eigenvalue weighted by molar-refractivity contribution is 7.99. The molecule has 0 aliphatic rings. The molecule has 0 fully saturated rings. The second kappa shape index (κ2) is 6.85. The summed E-state index contributed by atoms with van der Waals surface area (Å²) in [7, 11) is 0. The van der Waals surface area contributed by atoms with E-state index < -0.39 is 0 Å². The van der Waals surface area contributed by atoms with Crippen LogP contribution < -0.4 is 11.3 Å². The number of hydrogen-bond acceptors (Lipinski definition) is 6. The minimum absolute atomic E-state index is 0.200. The van der Waals surface area contributed by atoms with E-state index in [9.17, 15) is 4.79 Å². The number of amides is 1. The van der Waals surface area contributed by atoms with E-state index in [2.05, 4.69) is 11.9 Å². The van der Waals surface area contributed by atoms with E-state index in [4.69, 9.17) is 10.9 Å². The van der Waals surface area contributed by atoms with Crippen LogP contribution in [-0.4, -0.2) is 27.9 Å². The fraction of sp³-hybridized carbons (Fsp3) is 0.556. The fourth-order valence-electron chi connectivity index (χ4n) is 1.03. The van der Waals surface area contributed by atoms with Gasteiger partial charge in [-0.05, 0) is 6.42 Å². The number of nitrogens with two attached hydrogens (primary N) is 1. The lowest BCUT2D eigenvalue weighted by molar-refractivity contribution is 0.0953. The van der Waals surface area contributed by atoms with Gasteiger partial charge < -0.3 is 5.11 Å². The molecule has 1 heterocycles. The topological polar surface area (TPSA) is 88.2 Å². The van der Waals surface area contributed by atoms with Crippen LogP contribution in [0.5, 0.6) is 0 Å². The Morgan fingerprint density at radius 3 is 3.19 bits per heavy atom. The second-order valence-electron chi connectivity index (χ2n) is 3.25. The molecule has 0 spiro atoms. The molecule has 1 aromatic rings. The summed E-state index contributed by atoms with van der Waals surface area (Å²) in [5, 5.41) is 11.4. The number of aliphatic hydroxyl groups is 1. The van der Waals surface area contributed by atoms with Crippen LogP contribution in [0.25, 0.3) is 0 Å². The van der Waals surface area contributed by atoms with Gasteiger partial charge in [0.2, 0.25) is 0 Å². The molecule has 0 radical (unpaired) electrons. The molecule has 5 nitrogen and oxygen atoms in total. The summed E-state index contributed by atoms with van der Waals surface area (Å²) in [6, 6.07) is 0. The Morgan fingerprint density at radius 1 is 1.81 bits per heavy atom. The first kappa shape index (κ1) is 13.4. The molecular weight excluding hydrogens is 246 g/mol. The number of carbonyl (C=O) groups excluding carboxylic acids is 1. The molecule has 0 saturated carbocycles. The molecule has 1 rings (SSSR count). The Hall–Kier alpha value is -0.630. The van der Waals surface area contributed by atoms with Gasteiger partial charge in [0.25, 0.3) is 5.91 Å². The third-order valence-electron chi connectivity index (χ3n) is 1.93. The second-order valence-corrected chi connectivity index (χ2v) is 5.54. The molecule has 1 unspecified atom stereocenters. The van der Waals surface area contributed by atoms with E-state index in [-0.39, 0.29) is 12.5 Å². The standard InChI is InChI=1S/C9H15N3O2S2/c1-6(2-3-13)15-4-7-5-16-9(11-7)8(14)12-10/h5-6,13H,2-4,10H2,1H3,(H,12,14). The van der Waals surface area contributed by atoms with Gasteiger partial charge in [0.1, 0.15) is 0 Å². The van der Waals surface area contributed by atoms with Crippen molar-refractivity contribution >= 4 is 29.0 Å². The van der Waals surface area contributed by atoms with Crippen LogP contribution in [0.3, 0.4) is 0 Å². The first-order chi connectivity index (χ1) is 7.67. The van der Waals surface area contributed by atoms with Crippen LogP contribution in [0.15, 0.2) is 5.38 Å². The number of hydrazine groups is 1. The number of thiazole rings is 1. The average Bonchev–Trinajstić information content (AvgIpc) is 2.74. The maximum atomic E-state index is 11.1.